The van der Waals surface area contributed by atoms with E-state index < -0.39 is 0 Å². The van der Waals surface area contributed by atoms with Gasteiger partial charge < -0.3 is 9.88 Å². The number of nitrogens with one attached hydrogen (secondary N) is 1. The van der Waals surface area contributed by atoms with E-state index in [1.165, 1.54) is 74.8 Å². The van der Waals surface area contributed by atoms with Crippen molar-refractivity contribution in [1.82, 2.24) is 4.57 Å². The number of thiophene rings is 2. The molecule has 3 heterocycles. The molecule has 0 saturated carbocycles. The van der Waals surface area contributed by atoms with E-state index in [-0.39, 0.29) is 5.41 Å². The minimum absolute atomic E-state index is 0.0502. The highest BCUT2D eigenvalue weighted by molar-refractivity contribution is 7.20. The van der Waals surface area contributed by atoms with E-state index in [2.05, 4.69) is 200 Å². The Balaban J connectivity index is 1.08. The first-order valence-corrected chi connectivity index (χ1v) is 20.1. The zero-order valence-electron chi connectivity index (χ0n) is 30.6. The summed E-state index contributed by atoms with van der Waals surface area (Å²) in [6.45, 7) is 11.1. The molecule has 9 rings (SSSR count). The fourth-order valence-corrected chi connectivity index (χ4v) is 9.44. The third-order valence-corrected chi connectivity index (χ3v) is 12.4. The molecule has 0 aliphatic carbocycles. The standard InChI is InChI=1S/C50H40N2S2/c1-5-37(31-44-41-19-10-12-21-48(41)54-49(44)27-23-35-32-53-47-20-11-9-18-40(35)47)51-38-15-13-14-33(28-38)34-22-25-45-42(29-34)43-30-36(50(2,3)4)24-26-46(43)52(45)39-16-7-6-8-17-39/h5-32,51H,1H2,2-4H3/b27-23-,37-31-. The average Bonchev–Trinajstić information content (AvgIpc) is 3.88. The van der Waals surface area contributed by atoms with Crippen molar-refractivity contribution >= 4 is 88.6 Å². The van der Waals surface area contributed by atoms with Gasteiger partial charge in [0.05, 0.1) is 11.0 Å². The van der Waals surface area contributed by atoms with Gasteiger partial charge in [-0.15, -0.1) is 22.7 Å². The summed E-state index contributed by atoms with van der Waals surface area (Å²) < 4.78 is 4.96. The molecule has 0 fully saturated rings. The second kappa shape index (κ2) is 13.8. The van der Waals surface area contributed by atoms with Crippen molar-refractivity contribution in [2.75, 3.05) is 5.32 Å². The number of allylic oxidation sites excluding steroid dienone is 1. The van der Waals surface area contributed by atoms with Gasteiger partial charge in [-0.1, -0.05) is 112 Å². The SMILES string of the molecule is C=C/C(=C/c1c(/C=C\c2csc3ccccc23)sc2ccccc12)Nc1cccc(-c2ccc3c(c2)c2cc(C(C)(C)C)ccc2n3-c2ccccc2)c1. The molecule has 1 N–H and O–H groups in total. The third kappa shape index (κ3) is 6.28. The Morgan fingerprint density at radius 1 is 0.648 bits per heavy atom. The van der Waals surface area contributed by atoms with Gasteiger partial charge in [-0.2, -0.15) is 0 Å². The Morgan fingerprint density at radius 3 is 2.15 bits per heavy atom. The van der Waals surface area contributed by atoms with Crippen LogP contribution < -0.4 is 5.32 Å². The first kappa shape index (κ1) is 33.9. The van der Waals surface area contributed by atoms with Crippen LogP contribution in [0.4, 0.5) is 5.69 Å². The molecule has 4 heteroatoms. The van der Waals surface area contributed by atoms with Crippen LogP contribution in [0.2, 0.25) is 0 Å². The number of hydrogen-bond donors (Lipinski definition) is 1. The van der Waals surface area contributed by atoms with Crippen molar-refractivity contribution in [2.24, 2.45) is 0 Å². The second-order valence-electron chi connectivity index (χ2n) is 14.8. The normalized spacial score (nSPS) is 12.5. The minimum Gasteiger partial charge on any atom is -0.356 e. The topological polar surface area (TPSA) is 17.0 Å². The molecular formula is C50H40N2S2. The van der Waals surface area contributed by atoms with Gasteiger partial charge in [0, 0.05) is 53.1 Å². The maximum Gasteiger partial charge on any atom is 0.0541 e. The summed E-state index contributed by atoms with van der Waals surface area (Å²) in [6, 6.07) is 50.5. The lowest BCUT2D eigenvalue weighted by atomic mass is 9.86. The summed E-state index contributed by atoms with van der Waals surface area (Å²) in [6.07, 6.45) is 8.67. The van der Waals surface area contributed by atoms with Gasteiger partial charge in [-0.25, -0.2) is 0 Å². The highest BCUT2D eigenvalue weighted by atomic mass is 32.1. The van der Waals surface area contributed by atoms with E-state index >= 15 is 0 Å². The summed E-state index contributed by atoms with van der Waals surface area (Å²) in [4.78, 5) is 1.22. The van der Waals surface area contributed by atoms with E-state index in [0.717, 1.165) is 16.9 Å². The van der Waals surface area contributed by atoms with E-state index in [1.54, 1.807) is 11.3 Å². The van der Waals surface area contributed by atoms with E-state index in [9.17, 15) is 0 Å². The zero-order valence-corrected chi connectivity index (χ0v) is 32.3. The smallest absolute Gasteiger partial charge is 0.0541 e. The maximum absolute atomic E-state index is 4.22. The molecule has 9 aromatic rings. The van der Waals surface area contributed by atoms with Crippen molar-refractivity contribution in [3.8, 4) is 16.8 Å². The summed E-state index contributed by atoms with van der Waals surface area (Å²) in [5.74, 6) is 0. The number of para-hydroxylation sites is 1. The highest BCUT2D eigenvalue weighted by Gasteiger charge is 2.19. The molecule has 0 radical (unpaired) electrons. The van der Waals surface area contributed by atoms with Crippen LogP contribution in [-0.2, 0) is 5.41 Å². The average molecular weight is 733 g/mol. The Morgan fingerprint density at radius 2 is 1.35 bits per heavy atom. The first-order chi connectivity index (χ1) is 26.3. The molecule has 0 unspecified atom stereocenters. The van der Waals surface area contributed by atoms with Crippen molar-refractivity contribution in [3.63, 3.8) is 0 Å². The molecule has 0 amide bonds. The number of nitrogens with zero attached hydrogens (tertiary/aromatic N) is 1. The van der Waals surface area contributed by atoms with Crippen LogP contribution >= 0.6 is 22.7 Å². The molecule has 262 valence electrons. The minimum atomic E-state index is 0.0502. The predicted octanol–water partition coefficient (Wildman–Crippen LogP) is 15.0. The van der Waals surface area contributed by atoms with Gasteiger partial charge in [0.1, 0.15) is 0 Å². The summed E-state index contributed by atoms with van der Waals surface area (Å²) in [7, 11) is 0. The molecule has 0 aliphatic rings. The molecule has 54 heavy (non-hydrogen) atoms. The van der Waals surface area contributed by atoms with Gasteiger partial charge in [0.15, 0.2) is 0 Å². The van der Waals surface area contributed by atoms with E-state index in [0.29, 0.717) is 0 Å². The Hall–Kier alpha value is -5.94. The number of fused-ring (bicyclic) bond motifs is 5. The van der Waals surface area contributed by atoms with Crippen LogP contribution in [0.1, 0.15) is 42.3 Å². The van der Waals surface area contributed by atoms with Crippen LogP contribution in [0.5, 0.6) is 0 Å². The summed E-state index contributed by atoms with van der Waals surface area (Å²) in [5, 5.41) is 11.0. The fraction of sp³-hybridized carbons (Fsp3) is 0.0800. The molecule has 0 saturated heterocycles. The molecule has 0 aliphatic heterocycles. The second-order valence-corrected chi connectivity index (χ2v) is 16.8. The van der Waals surface area contributed by atoms with Gasteiger partial charge >= 0.3 is 0 Å². The predicted molar refractivity (Wildman–Crippen MR) is 239 cm³/mol. The molecule has 2 nitrogen and oxygen atoms in total. The van der Waals surface area contributed by atoms with E-state index in [1.807, 2.05) is 17.4 Å². The number of rotatable bonds is 8. The third-order valence-electron chi connectivity index (χ3n) is 10.2. The summed E-state index contributed by atoms with van der Waals surface area (Å²) in [5.41, 5.74) is 11.7. The molecule has 3 aromatic heterocycles. The Bertz CT molecular complexity index is 2910. The Kier molecular flexibility index (Phi) is 8.65. The molecule has 6 aromatic carbocycles. The monoisotopic (exact) mass is 732 g/mol. The Labute approximate surface area is 324 Å². The van der Waals surface area contributed by atoms with Crippen molar-refractivity contribution in [2.45, 2.75) is 26.2 Å². The highest BCUT2D eigenvalue weighted by Crippen LogP contribution is 2.39. The van der Waals surface area contributed by atoms with Crippen LogP contribution in [0, 0.1) is 0 Å². The molecule has 0 atom stereocenters. The zero-order chi connectivity index (χ0) is 36.8. The lowest BCUT2D eigenvalue weighted by Gasteiger charge is -2.19. The van der Waals surface area contributed by atoms with Crippen LogP contribution in [0.3, 0.4) is 0 Å². The van der Waals surface area contributed by atoms with Crippen LogP contribution in [0.15, 0.2) is 163 Å². The van der Waals surface area contributed by atoms with Crippen molar-refractivity contribution < 1.29 is 0 Å². The van der Waals surface area contributed by atoms with Crippen LogP contribution in [-0.4, -0.2) is 4.57 Å². The van der Waals surface area contributed by atoms with Crippen molar-refractivity contribution in [3.05, 3.63) is 185 Å². The number of aromatic nitrogens is 1. The van der Waals surface area contributed by atoms with E-state index in [4.69, 9.17) is 0 Å². The molecule has 0 spiro atoms. The van der Waals surface area contributed by atoms with Gasteiger partial charge in [-0.05, 0) is 117 Å². The number of benzene rings is 6. The molecule has 0 bridgehead atoms. The lowest BCUT2D eigenvalue weighted by Crippen LogP contribution is -2.10. The number of hydrogen-bond acceptors (Lipinski definition) is 3. The number of anilines is 1. The van der Waals surface area contributed by atoms with Gasteiger partial charge in [0.25, 0.3) is 0 Å². The fourth-order valence-electron chi connectivity index (χ4n) is 7.42. The maximum atomic E-state index is 4.22. The van der Waals surface area contributed by atoms with Crippen LogP contribution in [0.25, 0.3) is 77.0 Å². The first-order valence-electron chi connectivity index (χ1n) is 18.4. The largest absolute Gasteiger partial charge is 0.356 e. The quantitative estimate of drug-likeness (QED) is 0.154. The molecular weight excluding hydrogens is 693 g/mol. The van der Waals surface area contributed by atoms with Gasteiger partial charge in [-0.3, -0.25) is 0 Å². The van der Waals surface area contributed by atoms with Crippen molar-refractivity contribution in [1.29, 1.82) is 0 Å². The van der Waals surface area contributed by atoms with Gasteiger partial charge in [0.2, 0.25) is 0 Å². The lowest BCUT2D eigenvalue weighted by molar-refractivity contribution is 0.591. The summed E-state index contributed by atoms with van der Waals surface area (Å²) >= 11 is 3.61.